The first-order valence-electron chi connectivity index (χ1n) is 6.65. The maximum Gasteiger partial charge on any atom is 0.164 e. The predicted molar refractivity (Wildman–Crippen MR) is 79.5 cm³/mol. The van der Waals surface area contributed by atoms with Crippen molar-refractivity contribution in [1.29, 1.82) is 0 Å². The number of hydrogen-bond acceptors (Lipinski definition) is 4. The summed E-state index contributed by atoms with van der Waals surface area (Å²) in [7, 11) is 0. The van der Waals surface area contributed by atoms with Crippen LogP contribution in [0.2, 0.25) is 0 Å². The molecule has 1 aliphatic heterocycles. The van der Waals surface area contributed by atoms with Gasteiger partial charge >= 0.3 is 0 Å². The predicted octanol–water partition coefficient (Wildman–Crippen LogP) is 3.46. The minimum absolute atomic E-state index is 0.00135. The van der Waals surface area contributed by atoms with Crippen molar-refractivity contribution in [3.63, 3.8) is 0 Å². The van der Waals surface area contributed by atoms with Crippen molar-refractivity contribution < 1.29 is 19.4 Å². The van der Waals surface area contributed by atoms with Gasteiger partial charge in [0.2, 0.25) is 0 Å². The number of phenols is 1. The lowest BCUT2D eigenvalue weighted by Gasteiger charge is -2.20. The molecule has 3 rings (SSSR count). The minimum Gasteiger partial charge on any atom is -0.507 e. The van der Waals surface area contributed by atoms with Gasteiger partial charge in [0.15, 0.2) is 5.78 Å². The maximum atomic E-state index is 11.8. The van der Waals surface area contributed by atoms with Crippen LogP contribution in [0.4, 0.5) is 0 Å². The Labute approximate surface area is 121 Å². The molecule has 0 bridgehead atoms. The van der Waals surface area contributed by atoms with Crippen molar-refractivity contribution in [1.82, 2.24) is 0 Å². The van der Waals surface area contributed by atoms with Crippen molar-refractivity contribution in [2.24, 2.45) is 0 Å². The van der Waals surface area contributed by atoms with E-state index in [2.05, 4.69) is 0 Å². The highest BCUT2D eigenvalue weighted by atomic mass is 16.5. The molecule has 4 heteroatoms. The lowest BCUT2D eigenvalue weighted by atomic mass is 9.94. The normalized spacial score (nSPS) is 12.8. The molecule has 1 heterocycles. The van der Waals surface area contributed by atoms with E-state index in [9.17, 15) is 14.7 Å². The number of rotatable bonds is 3. The van der Waals surface area contributed by atoms with Crippen LogP contribution in [0.3, 0.4) is 0 Å². The van der Waals surface area contributed by atoms with Gasteiger partial charge in [0.05, 0.1) is 12.0 Å². The Balaban J connectivity index is 2.30. The van der Waals surface area contributed by atoms with Gasteiger partial charge < -0.3 is 9.84 Å². The topological polar surface area (TPSA) is 63.6 Å². The quantitative estimate of drug-likeness (QED) is 0.876. The molecule has 0 saturated carbocycles. The van der Waals surface area contributed by atoms with E-state index in [1.807, 2.05) is 12.1 Å². The highest BCUT2D eigenvalue weighted by molar-refractivity contribution is 6.13. The summed E-state index contributed by atoms with van der Waals surface area (Å²) in [5.74, 6) is 0.710. The summed E-state index contributed by atoms with van der Waals surface area (Å²) >= 11 is 0. The second-order valence-electron chi connectivity index (χ2n) is 5.19. The van der Waals surface area contributed by atoms with Crippen molar-refractivity contribution in [3.8, 4) is 11.5 Å². The fourth-order valence-electron chi connectivity index (χ4n) is 2.71. The third-order valence-corrected chi connectivity index (χ3v) is 3.47. The van der Waals surface area contributed by atoms with Crippen LogP contribution in [0.15, 0.2) is 30.0 Å². The number of phenolic OH excluding ortho intramolecular Hbond substituents is 1. The summed E-state index contributed by atoms with van der Waals surface area (Å²) in [4.78, 5) is 23.0. The van der Waals surface area contributed by atoms with Crippen LogP contribution in [-0.2, 0) is 4.79 Å². The van der Waals surface area contributed by atoms with Gasteiger partial charge in [-0.1, -0.05) is 18.2 Å². The summed E-state index contributed by atoms with van der Waals surface area (Å²) in [5, 5.41) is 11.5. The monoisotopic (exact) mass is 282 g/mol. The molecule has 0 saturated heterocycles. The van der Waals surface area contributed by atoms with Crippen molar-refractivity contribution >= 4 is 28.4 Å². The first-order chi connectivity index (χ1) is 9.97. The molecule has 0 unspecified atom stereocenters. The number of ether oxygens (including phenoxy) is 1. The smallest absolute Gasteiger partial charge is 0.164 e. The summed E-state index contributed by atoms with van der Waals surface area (Å²) in [6, 6.07) is 6.94. The Morgan fingerprint density at radius 1 is 1.24 bits per heavy atom. The summed E-state index contributed by atoms with van der Waals surface area (Å²) in [6.45, 7) is 2.92. The zero-order valence-electron chi connectivity index (χ0n) is 11.8. The van der Waals surface area contributed by atoms with E-state index in [0.29, 0.717) is 22.5 Å². The zero-order chi connectivity index (χ0) is 15.1. The Morgan fingerprint density at radius 2 is 2.00 bits per heavy atom. The van der Waals surface area contributed by atoms with Gasteiger partial charge in [0, 0.05) is 16.8 Å². The Kier molecular flexibility index (Phi) is 3.01. The molecule has 2 aromatic rings. The van der Waals surface area contributed by atoms with Gasteiger partial charge in [-0.25, -0.2) is 0 Å². The van der Waals surface area contributed by atoms with E-state index in [0.717, 1.165) is 10.9 Å². The second-order valence-corrected chi connectivity index (χ2v) is 5.19. The fourth-order valence-corrected chi connectivity index (χ4v) is 2.71. The Morgan fingerprint density at radius 3 is 2.67 bits per heavy atom. The number of benzene rings is 2. The minimum atomic E-state index is -0.199. The molecule has 1 N–H and O–H groups in total. The highest BCUT2D eigenvalue weighted by Crippen LogP contribution is 2.41. The van der Waals surface area contributed by atoms with Crippen LogP contribution in [0, 0.1) is 0 Å². The van der Waals surface area contributed by atoms with Crippen LogP contribution >= 0.6 is 0 Å². The zero-order valence-corrected chi connectivity index (χ0v) is 11.8. The molecular formula is C17H14O4. The standard InChI is InChI=1S/C17H14O4/c1-9(18)6-12-7-11-4-3-5-13-16(10(2)19)14(20)8-15(21-12)17(11)13/h3-5,7-8,20H,6H2,1-2H3. The van der Waals surface area contributed by atoms with Gasteiger partial charge in [-0.05, 0) is 25.5 Å². The fraction of sp³-hybridized carbons (Fsp3) is 0.176. The number of hydrogen-bond donors (Lipinski definition) is 1. The van der Waals surface area contributed by atoms with Crippen molar-refractivity contribution in [3.05, 3.63) is 41.2 Å². The first kappa shape index (κ1) is 13.4. The molecular weight excluding hydrogens is 268 g/mol. The lowest BCUT2D eigenvalue weighted by Crippen LogP contribution is -2.07. The molecule has 0 radical (unpaired) electrons. The molecule has 0 spiro atoms. The average Bonchev–Trinajstić information content (AvgIpc) is 2.36. The van der Waals surface area contributed by atoms with E-state index in [4.69, 9.17) is 4.74 Å². The third kappa shape index (κ3) is 2.18. The van der Waals surface area contributed by atoms with Gasteiger partial charge in [-0.3, -0.25) is 9.59 Å². The van der Waals surface area contributed by atoms with E-state index in [-0.39, 0.29) is 23.7 Å². The second kappa shape index (κ2) is 4.74. The molecule has 21 heavy (non-hydrogen) atoms. The SMILES string of the molecule is CC(=O)CC1=Cc2cccc3c(C(C)=O)c(O)cc(c23)O1. The number of carbonyl (C=O) groups is 2. The summed E-state index contributed by atoms with van der Waals surface area (Å²) < 4.78 is 5.70. The number of allylic oxidation sites excluding steroid dienone is 1. The molecule has 0 aliphatic carbocycles. The van der Waals surface area contributed by atoms with Crippen LogP contribution < -0.4 is 4.74 Å². The van der Waals surface area contributed by atoms with Crippen LogP contribution in [-0.4, -0.2) is 16.7 Å². The number of carbonyl (C=O) groups excluding carboxylic acids is 2. The number of Topliss-reactive ketones (excluding diaryl/α,β-unsaturated/α-hetero) is 2. The first-order valence-corrected chi connectivity index (χ1v) is 6.65. The number of ketones is 2. The van der Waals surface area contributed by atoms with E-state index in [1.165, 1.54) is 19.9 Å². The molecule has 0 aromatic heterocycles. The molecule has 106 valence electrons. The van der Waals surface area contributed by atoms with Gasteiger partial charge in [0.25, 0.3) is 0 Å². The van der Waals surface area contributed by atoms with E-state index < -0.39 is 0 Å². The largest absolute Gasteiger partial charge is 0.507 e. The van der Waals surface area contributed by atoms with Gasteiger partial charge in [-0.2, -0.15) is 0 Å². The summed E-state index contributed by atoms with van der Waals surface area (Å²) in [5.41, 5.74) is 1.18. The molecule has 2 aromatic carbocycles. The lowest BCUT2D eigenvalue weighted by molar-refractivity contribution is -0.116. The molecule has 0 amide bonds. The average molecular weight is 282 g/mol. The maximum absolute atomic E-state index is 11.8. The summed E-state index contributed by atoms with van der Waals surface area (Å²) in [6.07, 6.45) is 2.00. The highest BCUT2D eigenvalue weighted by Gasteiger charge is 2.21. The van der Waals surface area contributed by atoms with Crippen LogP contribution in [0.25, 0.3) is 16.8 Å². The van der Waals surface area contributed by atoms with Gasteiger partial charge in [0.1, 0.15) is 23.0 Å². The Hall–Kier alpha value is -2.62. The van der Waals surface area contributed by atoms with E-state index >= 15 is 0 Å². The molecule has 0 fully saturated rings. The number of aromatic hydroxyl groups is 1. The van der Waals surface area contributed by atoms with Crippen molar-refractivity contribution in [2.75, 3.05) is 0 Å². The molecule has 4 nitrogen and oxygen atoms in total. The van der Waals surface area contributed by atoms with Crippen molar-refractivity contribution in [2.45, 2.75) is 20.3 Å². The van der Waals surface area contributed by atoms with Gasteiger partial charge in [-0.15, -0.1) is 0 Å². The molecule has 0 atom stereocenters. The van der Waals surface area contributed by atoms with E-state index in [1.54, 1.807) is 12.1 Å². The Bertz CT molecular complexity index is 815. The van der Waals surface area contributed by atoms with Crippen LogP contribution in [0.1, 0.15) is 36.2 Å². The van der Waals surface area contributed by atoms with Crippen LogP contribution in [0.5, 0.6) is 11.5 Å². The third-order valence-electron chi connectivity index (χ3n) is 3.47. The molecule has 1 aliphatic rings.